The number of rotatable bonds is 4. The van der Waals surface area contributed by atoms with E-state index in [9.17, 15) is 9.18 Å². The van der Waals surface area contributed by atoms with Gasteiger partial charge in [0.1, 0.15) is 5.82 Å². The average molecular weight is 371 g/mol. The summed E-state index contributed by atoms with van der Waals surface area (Å²) in [5.74, 6) is -0.186. The molecule has 1 heterocycles. The number of carbonyl (C=O) groups excluding carboxylic acids is 1. The fourth-order valence-corrected chi connectivity index (χ4v) is 3.97. The first kappa shape index (κ1) is 18.2. The van der Waals surface area contributed by atoms with Crippen LogP contribution < -0.4 is 0 Å². The van der Waals surface area contributed by atoms with Gasteiger partial charge in [-0.05, 0) is 85.5 Å². The van der Waals surface area contributed by atoms with Crippen LogP contribution in [0.25, 0.3) is 27.4 Å². The molecule has 0 saturated heterocycles. The molecule has 0 unspecified atom stereocenters. The zero-order chi connectivity index (χ0) is 20.0. The Labute approximate surface area is 163 Å². The first-order valence-electron chi connectivity index (χ1n) is 9.43. The Balaban J connectivity index is 1.94. The summed E-state index contributed by atoms with van der Waals surface area (Å²) in [5.41, 5.74) is 6.60. The molecule has 0 atom stereocenters. The highest BCUT2D eigenvalue weighted by Crippen LogP contribution is 2.34. The third kappa shape index (κ3) is 2.84. The smallest absolute Gasteiger partial charge is 0.159 e. The molecule has 140 valence electrons. The van der Waals surface area contributed by atoms with E-state index in [2.05, 4.69) is 36.3 Å². The van der Waals surface area contributed by atoms with Gasteiger partial charge in [-0.15, -0.1) is 0 Å². The van der Waals surface area contributed by atoms with Gasteiger partial charge in [0, 0.05) is 33.9 Å². The predicted octanol–water partition coefficient (Wildman–Crippen LogP) is 6.53. The fourth-order valence-electron chi connectivity index (χ4n) is 3.97. The van der Waals surface area contributed by atoms with Gasteiger partial charge in [-0.25, -0.2) is 4.39 Å². The van der Waals surface area contributed by atoms with Crippen molar-refractivity contribution in [3.8, 4) is 0 Å². The lowest BCUT2D eigenvalue weighted by Gasteiger charge is -2.11. The van der Waals surface area contributed by atoms with Crippen molar-refractivity contribution in [1.82, 2.24) is 4.57 Å². The van der Waals surface area contributed by atoms with Crippen LogP contribution in [0.2, 0.25) is 0 Å². The largest absolute Gasteiger partial charge is 0.341 e. The molecular weight excluding hydrogens is 349 g/mol. The molecule has 0 saturated carbocycles. The minimum Gasteiger partial charge on any atom is -0.341 e. The van der Waals surface area contributed by atoms with Gasteiger partial charge in [-0.1, -0.05) is 18.7 Å². The molecule has 0 aliphatic rings. The van der Waals surface area contributed by atoms with Crippen molar-refractivity contribution in [3.63, 3.8) is 0 Å². The number of hydrogen-bond acceptors (Lipinski definition) is 1. The lowest BCUT2D eigenvalue weighted by atomic mass is 9.94. The van der Waals surface area contributed by atoms with Gasteiger partial charge < -0.3 is 4.57 Å². The Morgan fingerprint density at radius 1 is 0.964 bits per heavy atom. The van der Waals surface area contributed by atoms with Crippen molar-refractivity contribution in [2.75, 3.05) is 0 Å². The topological polar surface area (TPSA) is 22.0 Å². The van der Waals surface area contributed by atoms with Gasteiger partial charge in [-0.2, -0.15) is 0 Å². The van der Waals surface area contributed by atoms with E-state index in [-0.39, 0.29) is 11.6 Å². The van der Waals surface area contributed by atoms with Crippen LogP contribution in [-0.2, 0) is 6.54 Å². The minimum absolute atomic E-state index is 0.0572. The molecule has 1 aromatic heterocycles. The molecule has 0 radical (unpaired) electrons. The normalized spacial score (nSPS) is 11.3. The number of carbonyl (C=O) groups is 1. The maximum atomic E-state index is 13.5. The van der Waals surface area contributed by atoms with Crippen LogP contribution in [0.4, 0.5) is 4.39 Å². The molecular formula is C25H22FNO. The first-order chi connectivity index (χ1) is 13.4. The lowest BCUT2D eigenvalue weighted by molar-refractivity contribution is 0.101. The van der Waals surface area contributed by atoms with E-state index in [1.807, 2.05) is 25.1 Å². The molecule has 3 aromatic carbocycles. The van der Waals surface area contributed by atoms with E-state index in [1.54, 1.807) is 13.0 Å². The Kier molecular flexibility index (Phi) is 4.38. The van der Waals surface area contributed by atoms with Crippen LogP contribution in [-0.4, -0.2) is 10.4 Å². The van der Waals surface area contributed by atoms with Crippen molar-refractivity contribution in [2.24, 2.45) is 0 Å². The Morgan fingerprint density at radius 2 is 1.57 bits per heavy atom. The van der Waals surface area contributed by atoms with Crippen molar-refractivity contribution < 1.29 is 9.18 Å². The molecule has 0 spiro atoms. The summed E-state index contributed by atoms with van der Waals surface area (Å²) >= 11 is 0. The second-order valence-corrected chi connectivity index (χ2v) is 7.20. The number of halogens is 1. The molecule has 4 aromatic rings. The summed E-state index contributed by atoms with van der Waals surface area (Å²) in [6.45, 7) is 10.7. The molecule has 0 aliphatic heterocycles. The van der Waals surface area contributed by atoms with Gasteiger partial charge in [0.25, 0.3) is 0 Å². The molecule has 4 rings (SSSR count). The highest BCUT2D eigenvalue weighted by atomic mass is 19.1. The summed E-state index contributed by atoms with van der Waals surface area (Å²) < 4.78 is 15.7. The van der Waals surface area contributed by atoms with Crippen LogP contribution in [0.1, 0.15) is 40.9 Å². The van der Waals surface area contributed by atoms with Crippen LogP contribution >= 0.6 is 0 Å². The molecule has 28 heavy (non-hydrogen) atoms. The highest BCUT2D eigenvalue weighted by Gasteiger charge is 2.14. The number of hydrogen-bond donors (Lipinski definition) is 0. The number of aryl methyl sites for hydroxylation is 2. The van der Waals surface area contributed by atoms with Gasteiger partial charge >= 0.3 is 0 Å². The number of aromatic nitrogens is 1. The first-order valence-corrected chi connectivity index (χ1v) is 9.43. The molecule has 0 N–H and O–H groups in total. The predicted molar refractivity (Wildman–Crippen MR) is 114 cm³/mol. The summed E-state index contributed by atoms with van der Waals surface area (Å²) in [4.78, 5) is 11.9. The zero-order valence-electron chi connectivity index (χ0n) is 16.3. The molecule has 0 amide bonds. The molecule has 0 fully saturated rings. The summed E-state index contributed by atoms with van der Waals surface area (Å²) in [6.07, 6.45) is 0. The summed E-state index contributed by atoms with van der Waals surface area (Å²) in [5, 5.41) is 2.16. The standard InChI is InChI=1S/C25H22FNO/c1-5-27-24-10-6-18(16(3)21-9-8-20(26)12-15(21)2)13-22(24)23-14-19(17(4)28)7-11-25(23)27/h6-14H,3,5H2,1-2,4H3. The third-order valence-corrected chi connectivity index (χ3v) is 5.45. The third-order valence-electron chi connectivity index (χ3n) is 5.45. The van der Waals surface area contributed by atoms with Gasteiger partial charge in [-0.3, -0.25) is 4.79 Å². The van der Waals surface area contributed by atoms with Crippen molar-refractivity contribution in [1.29, 1.82) is 0 Å². The van der Waals surface area contributed by atoms with Crippen LogP contribution in [0.5, 0.6) is 0 Å². The van der Waals surface area contributed by atoms with E-state index in [4.69, 9.17) is 0 Å². The molecule has 0 bridgehead atoms. The van der Waals surface area contributed by atoms with Crippen LogP contribution in [0, 0.1) is 12.7 Å². The highest BCUT2D eigenvalue weighted by molar-refractivity contribution is 6.11. The maximum Gasteiger partial charge on any atom is 0.159 e. The van der Waals surface area contributed by atoms with E-state index >= 15 is 0 Å². The average Bonchev–Trinajstić information content (AvgIpc) is 2.99. The van der Waals surface area contributed by atoms with E-state index in [1.165, 1.54) is 12.1 Å². The molecule has 3 heteroatoms. The number of Topliss-reactive ketones (excluding diaryl/α,β-unsaturated/α-hetero) is 1. The van der Waals surface area contributed by atoms with Crippen molar-refractivity contribution in [2.45, 2.75) is 27.3 Å². The second-order valence-electron chi connectivity index (χ2n) is 7.20. The lowest BCUT2D eigenvalue weighted by Crippen LogP contribution is -1.95. The Bertz CT molecular complexity index is 1260. The minimum atomic E-state index is -0.243. The number of benzene rings is 3. The number of fused-ring (bicyclic) bond motifs is 3. The Hall–Kier alpha value is -3.20. The summed E-state index contributed by atoms with van der Waals surface area (Å²) in [6, 6.07) is 16.9. The molecule has 0 aliphatic carbocycles. The van der Waals surface area contributed by atoms with Crippen molar-refractivity contribution in [3.05, 3.63) is 89.2 Å². The van der Waals surface area contributed by atoms with E-state index in [0.29, 0.717) is 5.56 Å². The zero-order valence-corrected chi connectivity index (χ0v) is 16.3. The number of nitrogens with zero attached hydrogens (tertiary/aromatic N) is 1. The van der Waals surface area contributed by atoms with Gasteiger partial charge in [0.05, 0.1) is 0 Å². The van der Waals surface area contributed by atoms with Crippen molar-refractivity contribution >= 4 is 33.2 Å². The van der Waals surface area contributed by atoms with Gasteiger partial charge in [0.2, 0.25) is 0 Å². The van der Waals surface area contributed by atoms with E-state index < -0.39 is 0 Å². The maximum absolute atomic E-state index is 13.5. The monoisotopic (exact) mass is 371 g/mol. The van der Waals surface area contributed by atoms with Crippen LogP contribution in [0.3, 0.4) is 0 Å². The number of ketones is 1. The SMILES string of the molecule is C=C(c1ccc2c(c1)c1cc(C(C)=O)ccc1n2CC)c1ccc(F)cc1C. The van der Waals surface area contributed by atoms with Crippen LogP contribution in [0.15, 0.2) is 61.2 Å². The van der Waals surface area contributed by atoms with Gasteiger partial charge in [0.15, 0.2) is 5.78 Å². The Morgan fingerprint density at radius 3 is 2.14 bits per heavy atom. The quantitative estimate of drug-likeness (QED) is 0.374. The molecule has 2 nitrogen and oxygen atoms in total. The summed E-state index contributed by atoms with van der Waals surface area (Å²) in [7, 11) is 0. The van der Waals surface area contributed by atoms with E-state index in [0.717, 1.165) is 50.6 Å². The fraction of sp³-hybridized carbons (Fsp3) is 0.160. The second kappa shape index (κ2) is 6.75.